The Morgan fingerprint density at radius 2 is 2.05 bits per heavy atom. The van der Waals surface area contributed by atoms with E-state index < -0.39 is 0 Å². The van der Waals surface area contributed by atoms with Crippen LogP contribution in [0.2, 0.25) is 0 Å². The Morgan fingerprint density at radius 1 is 1.23 bits per heavy atom. The second kappa shape index (κ2) is 7.25. The predicted molar refractivity (Wildman–Crippen MR) is 86.6 cm³/mol. The molecule has 1 aromatic carbocycles. The van der Waals surface area contributed by atoms with Crippen molar-refractivity contribution in [1.82, 2.24) is 9.80 Å². The zero-order valence-electron chi connectivity index (χ0n) is 13.5. The van der Waals surface area contributed by atoms with Crippen molar-refractivity contribution >= 4 is 5.91 Å². The van der Waals surface area contributed by atoms with Crippen molar-refractivity contribution in [3.8, 4) is 0 Å². The van der Waals surface area contributed by atoms with Gasteiger partial charge in [0.05, 0.1) is 0 Å². The van der Waals surface area contributed by atoms with Crippen LogP contribution in [0.1, 0.15) is 30.4 Å². The summed E-state index contributed by atoms with van der Waals surface area (Å²) >= 11 is 0. The lowest BCUT2D eigenvalue weighted by Gasteiger charge is -2.37. The first-order valence-corrected chi connectivity index (χ1v) is 8.41. The van der Waals surface area contributed by atoms with Crippen molar-refractivity contribution in [3.05, 3.63) is 35.4 Å². The summed E-state index contributed by atoms with van der Waals surface area (Å²) in [6.07, 6.45) is 2.91. The van der Waals surface area contributed by atoms with Crippen LogP contribution in [0.5, 0.6) is 0 Å². The number of ether oxygens (including phenoxy) is 1. The number of hydrogen-bond donors (Lipinski definition) is 0. The summed E-state index contributed by atoms with van der Waals surface area (Å²) in [6, 6.07) is 8.67. The highest BCUT2D eigenvalue weighted by atomic mass is 16.5. The molecule has 0 saturated carbocycles. The van der Waals surface area contributed by atoms with Crippen LogP contribution >= 0.6 is 0 Å². The maximum Gasteiger partial charge on any atom is 0.251 e. The molecule has 1 atom stereocenters. The Kier molecular flexibility index (Phi) is 5.11. The van der Waals surface area contributed by atoms with E-state index in [1.165, 1.54) is 11.1 Å². The second-order valence-electron chi connectivity index (χ2n) is 6.45. The molecule has 3 rings (SSSR count). The summed E-state index contributed by atoms with van der Waals surface area (Å²) in [7, 11) is 0. The summed E-state index contributed by atoms with van der Waals surface area (Å²) < 4.78 is 5.62. The van der Waals surface area contributed by atoms with Gasteiger partial charge in [-0.1, -0.05) is 29.8 Å². The Balaban J connectivity index is 1.48. The quantitative estimate of drug-likeness (QED) is 0.858. The Bertz CT molecular complexity index is 504. The standard InChI is InChI=1S/C18H26N2O2/c1-15-5-4-6-16(13-15)14-19-8-10-20(11-9-19)18(21)17-7-2-3-12-22-17/h4-6,13,17H,2-3,7-12,14H2,1H3. The van der Waals surface area contributed by atoms with Crippen molar-refractivity contribution in [2.24, 2.45) is 0 Å². The molecule has 2 saturated heterocycles. The lowest BCUT2D eigenvalue weighted by atomic mass is 10.1. The number of piperazine rings is 1. The minimum absolute atomic E-state index is 0.183. The monoisotopic (exact) mass is 302 g/mol. The molecular formula is C18H26N2O2. The average Bonchev–Trinajstić information content (AvgIpc) is 2.56. The van der Waals surface area contributed by atoms with Gasteiger partial charge >= 0.3 is 0 Å². The summed E-state index contributed by atoms with van der Waals surface area (Å²) in [5.74, 6) is 0.204. The van der Waals surface area contributed by atoms with E-state index in [0.29, 0.717) is 0 Å². The maximum absolute atomic E-state index is 12.4. The van der Waals surface area contributed by atoms with Gasteiger partial charge in [-0.25, -0.2) is 0 Å². The van der Waals surface area contributed by atoms with Gasteiger partial charge in [0, 0.05) is 39.3 Å². The molecule has 0 aliphatic carbocycles. The van der Waals surface area contributed by atoms with Crippen LogP contribution in [0.4, 0.5) is 0 Å². The van der Waals surface area contributed by atoms with Gasteiger partial charge in [0.1, 0.15) is 6.10 Å². The van der Waals surface area contributed by atoms with Crippen LogP contribution < -0.4 is 0 Å². The SMILES string of the molecule is Cc1cccc(CN2CCN(C(=O)C3CCCCO3)CC2)c1. The lowest BCUT2D eigenvalue weighted by Crippen LogP contribution is -2.51. The predicted octanol–water partition coefficient (Wildman–Crippen LogP) is 2.21. The number of carbonyl (C=O) groups is 1. The van der Waals surface area contributed by atoms with E-state index in [-0.39, 0.29) is 12.0 Å². The van der Waals surface area contributed by atoms with Crippen molar-refractivity contribution in [3.63, 3.8) is 0 Å². The molecule has 22 heavy (non-hydrogen) atoms. The van der Waals surface area contributed by atoms with E-state index in [1.807, 2.05) is 4.90 Å². The van der Waals surface area contributed by atoms with Crippen LogP contribution in [0.15, 0.2) is 24.3 Å². The fourth-order valence-corrected chi connectivity index (χ4v) is 3.33. The summed E-state index contributed by atoms with van der Waals surface area (Å²) in [5.41, 5.74) is 2.66. The topological polar surface area (TPSA) is 32.8 Å². The molecule has 4 heteroatoms. The average molecular weight is 302 g/mol. The molecule has 2 fully saturated rings. The number of carbonyl (C=O) groups excluding carboxylic acids is 1. The minimum atomic E-state index is -0.183. The molecular weight excluding hydrogens is 276 g/mol. The number of aryl methyl sites for hydroxylation is 1. The molecule has 0 aromatic heterocycles. The van der Waals surface area contributed by atoms with Crippen LogP contribution in [-0.2, 0) is 16.1 Å². The first-order valence-electron chi connectivity index (χ1n) is 8.41. The van der Waals surface area contributed by atoms with E-state index in [2.05, 4.69) is 36.1 Å². The molecule has 2 heterocycles. The number of rotatable bonds is 3. The molecule has 120 valence electrons. The Hall–Kier alpha value is -1.39. The van der Waals surface area contributed by atoms with Crippen LogP contribution in [0.3, 0.4) is 0 Å². The molecule has 0 bridgehead atoms. The fraction of sp³-hybridized carbons (Fsp3) is 0.611. The first-order chi connectivity index (χ1) is 10.7. The van der Waals surface area contributed by atoms with Gasteiger partial charge in [-0.15, -0.1) is 0 Å². The molecule has 1 aromatic rings. The third-order valence-electron chi connectivity index (χ3n) is 4.63. The van der Waals surface area contributed by atoms with Crippen LogP contribution in [0, 0.1) is 6.92 Å². The van der Waals surface area contributed by atoms with Gasteiger partial charge in [0.2, 0.25) is 0 Å². The molecule has 0 spiro atoms. The van der Waals surface area contributed by atoms with Crippen LogP contribution in [0.25, 0.3) is 0 Å². The second-order valence-corrected chi connectivity index (χ2v) is 6.45. The highest BCUT2D eigenvalue weighted by Gasteiger charge is 2.29. The van der Waals surface area contributed by atoms with Crippen LogP contribution in [-0.4, -0.2) is 54.6 Å². The summed E-state index contributed by atoms with van der Waals surface area (Å²) in [4.78, 5) is 16.9. The molecule has 1 amide bonds. The minimum Gasteiger partial charge on any atom is -0.368 e. The molecule has 2 aliphatic rings. The summed E-state index contributed by atoms with van der Waals surface area (Å²) in [5, 5.41) is 0. The number of nitrogens with zero attached hydrogens (tertiary/aromatic N) is 2. The van der Waals surface area contributed by atoms with Gasteiger partial charge in [-0.3, -0.25) is 9.69 Å². The van der Waals surface area contributed by atoms with Gasteiger partial charge < -0.3 is 9.64 Å². The Morgan fingerprint density at radius 3 is 2.73 bits per heavy atom. The molecule has 0 radical (unpaired) electrons. The highest BCUT2D eigenvalue weighted by molar-refractivity contribution is 5.81. The van der Waals surface area contributed by atoms with Gasteiger partial charge in [-0.05, 0) is 31.7 Å². The molecule has 0 N–H and O–H groups in total. The number of benzene rings is 1. The van der Waals surface area contributed by atoms with Crippen molar-refractivity contribution in [1.29, 1.82) is 0 Å². The molecule has 1 unspecified atom stereocenters. The highest BCUT2D eigenvalue weighted by Crippen LogP contribution is 2.17. The zero-order valence-corrected chi connectivity index (χ0v) is 13.5. The van der Waals surface area contributed by atoms with Gasteiger partial charge in [0.15, 0.2) is 0 Å². The number of hydrogen-bond acceptors (Lipinski definition) is 3. The van der Waals surface area contributed by atoms with E-state index in [1.54, 1.807) is 0 Å². The first kappa shape index (κ1) is 15.5. The smallest absolute Gasteiger partial charge is 0.251 e. The van der Waals surface area contributed by atoms with E-state index in [9.17, 15) is 4.79 Å². The van der Waals surface area contributed by atoms with E-state index in [4.69, 9.17) is 4.74 Å². The third-order valence-corrected chi connectivity index (χ3v) is 4.63. The van der Waals surface area contributed by atoms with E-state index >= 15 is 0 Å². The summed E-state index contributed by atoms with van der Waals surface area (Å²) in [6.45, 7) is 7.39. The lowest BCUT2D eigenvalue weighted by molar-refractivity contribution is -0.148. The largest absolute Gasteiger partial charge is 0.368 e. The van der Waals surface area contributed by atoms with Crippen molar-refractivity contribution in [2.45, 2.75) is 38.8 Å². The van der Waals surface area contributed by atoms with E-state index in [0.717, 1.165) is 58.6 Å². The zero-order chi connectivity index (χ0) is 15.4. The normalized spacial score (nSPS) is 23.5. The number of amides is 1. The molecule has 4 nitrogen and oxygen atoms in total. The Labute approximate surface area is 133 Å². The third kappa shape index (κ3) is 3.87. The van der Waals surface area contributed by atoms with Crippen molar-refractivity contribution < 1.29 is 9.53 Å². The van der Waals surface area contributed by atoms with Gasteiger partial charge in [0.25, 0.3) is 5.91 Å². The van der Waals surface area contributed by atoms with Crippen molar-refractivity contribution in [2.75, 3.05) is 32.8 Å². The maximum atomic E-state index is 12.4. The fourth-order valence-electron chi connectivity index (χ4n) is 3.33. The molecule has 2 aliphatic heterocycles. The van der Waals surface area contributed by atoms with Gasteiger partial charge in [-0.2, -0.15) is 0 Å².